The summed E-state index contributed by atoms with van der Waals surface area (Å²) < 4.78 is 0. The molecule has 0 aliphatic carbocycles. The van der Waals surface area contributed by atoms with Gasteiger partial charge in [0, 0.05) is 0 Å². The minimum Gasteiger partial charge on any atom is -0.0885 e. The van der Waals surface area contributed by atoms with Crippen LogP contribution in [-0.2, 0) is 0 Å². The summed E-state index contributed by atoms with van der Waals surface area (Å²) in [6.07, 6.45) is 39.9. The van der Waals surface area contributed by atoms with E-state index >= 15 is 0 Å². The van der Waals surface area contributed by atoms with Crippen molar-refractivity contribution in [3.8, 4) is 0 Å². The second-order valence-electron chi connectivity index (χ2n) is 9.25. The minimum atomic E-state index is 1.12. The second-order valence-corrected chi connectivity index (χ2v) is 9.25. The molecule has 2 radical (unpaired) electrons. The van der Waals surface area contributed by atoms with Crippen LogP contribution in [0.1, 0.15) is 161 Å². The lowest BCUT2D eigenvalue weighted by Crippen LogP contribution is -1.84. The highest BCUT2D eigenvalue weighted by atomic mass is 14.0. The van der Waals surface area contributed by atoms with Gasteiger partial charge >= 0.3 is 0 Å². The van der Waals surface area contributed by atoms with Crippen LogP contribution < -0.4 is 0 Å². The van der Waals surface area contributed by atoms with Gasteiger partial charge in [0.15, 0.2) is 0 Å². The van der Waals surface area contributed by atoms with Gasteiger partial charge in [-0.25, -0.2) is 0 Å². The van der Waals surface area contributed by atoms with Crippen LogP contribution in [0.15, 0.2) is 12.2 Å². The lowest BCUT2D eigenvalue weighted by molar-refractivity contribution is 0.517. The Morgan fingerprint density at radius 1 is 0.345 bits per heavy atom. The molecule has 0 heterocycles. The Kier molecular flexibility index (Phi) is 27.5. The summed E-state index contributed by atoms with van der Waals surface area (Å²) in [7, 11) is 0. The smallest absolute Gasteiger partial charge is 0.0316 e. The van der Waals surface area contributed by atoms with Gasteiger partial charge in [-0.05, 0) is 19.8 Å². The van der Waals surface area contributed by atoms with E-state index in [1.165, 1.54) is 154 Å². The lowest BCUT2D eigenvalue weighted by atomic mass is 10.0. The van der Waals surface area contributed by atoms with Gasteiger partial charge in [-0.2, -0.15) is 0 Å². The van der Waals surface area contributed by atoms with Crippen molar-refractivity contribution in [3.05, 3.63) is 26.0 Å². The van der Waals surface area contributed by atoms with Gasteiger partial charge in [-0.3, -0.25) is 0 Å². The molecular formula is C29H56. The Morgan fingerprint density at radius 3 is 0.828 bits per heavy atom. The molecule has 0 aromatic carbocycles. The summed E-state index contributed by atoms with van der Waals surface area (Å²) in [5.41, 5.74) is 0. The predicted molar refractivity (Wildman–Crippen MR) is 135 cm³/mol. The van der Waals surface area contributed by atoms with E-state index < -0.39 is 0 Å². The predicted octanol–water partition coefficient (Wildman–Crippen LogP) is 11.0. The standard InChI is InChI=1S/C29H56/c1-3-5-7-9-11-13-15-17-19-21-23-25-27-29-28-26-24-22-20-18-16-14-12-10-8-6-4-2/h3,5H,1-2,4,6-29H2. The Balaban J connectivity index is 2.98. The number of rotatable bonds is 25. The monoisotopic (exact) mass is 404 g/mol. The normalized spacial score (nSPS) is 11.7. The topological polar surface area (TPSA) is 0 Å². The quantitative estimate of drug-likeness (QED) is 0.133. The van der Waals surface area contributed by atoms with Crippen LogP contribution in [0, 0.1) is 13.8 Å². The van der Waals surface area contributed by atoms with E-state index in [2.05, 4.69) is 19.9 Å². The van der Waals surface area contributed by atoms with Crippen molar-refractivity contribution in [1.82, 2.24) is 0 Å². The van der Waals surface area contributed by atoms with Crippen molar-refractivity contribution >= 4 is 0 Å². The molecule has 0 spiro atoms. The number of hydrogen-bond donors (Lipinski definition) is 0. The summed E-state index contributed by atoms with van der Waals surface area (Å²) in [5.74, 6) is 0. The number of hydrogen-bond acceptors (Lipinski definition) is 0. The molecule has 172 valence electrons. The summed E-state index contributed by atoms with van der Waals surface area (Å²) >= 11 is 0. The van der Waals surface area contributed by atoms with Crippen LogP contribution in [0.3, 0.4) is 0 Å². The van der Waals surface area contributed by atoms with Gasteiger partial charge in [-0.1, -0.05) is 167 Å². The van der Waals surface area contributed by atoms with E-state index in [4.69, 9.17) is 0 Å². The molecule has 0 aliphatic heterocycles. The average Bonchev–Trinajstić information content (AvgIpc) is 2.74. The summed E-state index contributed by atoms with van der Waals surface area (Å²) in [6.45, 7) is 7.65. The van der Waals surface area contributed by atoms with E-state index in [0.29, 0.717) is 0 Å². The molecular weight excluding hydrogens is 348 g/mol. The maximum Gasteiger partial charge on any atom is -0.0316 e. The highest BCUT2D eigenvalue weighted by Crippen LogP contribution is 2.15. The molecule has 0 aromatic rings. The second kappa shape index (κ2) is 27.7. The molecule has 0 saturated carbocycles. The molecule has 0 saturated heterocycles. The third-order valence-corrected chi connectivity index (χ3v) is 6.29. The van der Waals surface area contributed by atoms with Crippen LogP contribution >= 0.6 is 0 Å². The van der Waals surface area contributed by atoms with Crippen molar-refractivity contribution in [2.45, 2.75) is 161 Å². The SMILES string of the molecule is [CH2]C=CCCCCCCCCCCCCCCCCCCCCCCCCC[CH2]. The van der Waals surface area contributed by atoms with Crippen LogP contribution in [0.2, 0.25) is 0 Å². The van der Waals surface area contributed by atoms with Crippen molar-refractivity contribution in [2.24, 2.45) is 0 Å². The fourth-order valence-corrected chi connectivity index (χ4v) is 4.27. The fraction of sp³-hybridized carbons (Fsp3) is 0.862. The summed E-state index contributed by atoms with van der Waals surface area (Å²) in [5, 5.41) is 0. The van der Waals surface area contributed by atoms with E-state index in [1.807, 2.05) is 6.08 Å². The maximum atomic E-state index is 3.91. The van der Waals surface area contributed by atoms with Crippen LogP contribution in [-0.4, -0.2) is 0 Å². The molecule has 0 aliphatic rings. The van der Waals surface area contributed by atoms with Gasteiger partial charge in [0.1, 0.15) is 0 Å². The summed E-state index contributed by atoms with van der Waals surface area (Å²) in [4.78, 5) is 0. The van der Waals surface area contributed by atoms with Crippen molar-refractivity contribution < 1.29 is 0 Å². The van der Waals surface area contributed by atoms with Crippen molar-refractivity contribution in [3.63, 3.8) is 0 Å². The molecule has 0 amide bonds. The zero-order valence-corrected chi connectivity index (χ0v) is 20.2. The molecule has 0 heteroatoms. The van der Waals surface area contributed by atoms with Gasteiger partial charge in [-0.15, -0.1) is 0 Å². The van der Waals surface area contributed by atoms with Gasteiger partial charge in [0.05, 0.1) is 0 Å². The molecule has 0 unspecified atom stereocenters. The first-order chi connectivity index (χ1) is 14.4. The highest BCUT2D eigenvalue weighted by Gasteiger charge is 1.96. The van der Waals surface area contributed by atoms with Crippen LogP contribution in [0.4, 0.5) is 0 Å². The van der Waals surface area contributed by atoms with Crippen LogP contribution in [0.5, 0.6) is 0 Å². The van der Waals surface area contributed by atoms with Gasteiger partial charge < -0.3 is 0 Å². The van der Waals surface area contributed by atoms with Crippen LogP contribution in [0.25, 0.3) is 0 Å². The largest absolute Gasteiger partial charge is 0.0885 e. The third-order valence-electron chi connectivity index (χ3n) is 6.29. The molecule has 0 N–H and O–H groups in total. The Morgan fingerprint density at radius 2 is 0.586 bits per heavy atom. The van der Waals surface area contributed by atoms with Crippen molar-refractivity contribution in [1.29, 1.82) is 0 Å². The number of allylic oxidation sites excluding steroid dienone is 2. The molecule has 0 atom stereocenters. The Hall–Kier alpha value is -0.260. The Labute approximate surface area is 186 Å². The van der Waals surface area contributed by atoms with E-state index in [-0.39, 0.29) is 0 Å². The molecule has 29 heavy (non-hydrogen) atoms. The van der Waals surface area contributed by atoms with Crippen molar-refractivity contribution in [2.75, 3.05) is 0 Å². The highest BCUT2D eigenvalue weighted by molar-refractivity contribution is 4.83. The zero-order valence-electron chi connectivity index (χ0n) is 20.2. The molecule has 0 rings (SSSR count). The Bertz CT molecular complexity index is 290. The zero-order chi connectivity index (χ0) is 21.1. The van der Waals surface area contributed by atoms with E-state index in [9.17, 15) is 0 Å². The first-order valence-electron chi connectivity index (χ1n) is 13.6. The molecule has 0 nitrogen and oxygen atoms in total. The minimum absolute atomic E-state index is 1.12. The summed E-state index contributed by atoms with van der Waals surface area (Å²) in [6, 6.07) is 0. The molecule has 0 aromatic heterocycles. The first kappa shape index (κ1) is 28.7. The van der Waals surface area contributed by atoms with E-state index in [0.717, 1.165) is 6.42 Å². The number of unbranched alkanes of at least 4 members (excludes halogenated alkanes) is 24. The molecule has 0 bridgehead atoms. The molecule has 0 fully saturated rings. The first-order valence-corrected chi connectivity index (χ1v) is 13.6. The lowest BCUT2D eigenvalue weighted by Gasteiger charge is -2.04. The van der Waals surface area contributed by atoms with Gasteiger partial charge in [0.25, 0.3) is 0 Å². The van der Waals surface area contributed by atoms with E-state index in [1.54, 1.807) is 0 Å². The maximum absolute atomic E-state index is 3.91. The average molecular weight is 405 g/mol. The third kappa shape index (κ3) is 27.7. The van der Waals surface area contributed by atoms with Gasteiger partial charge in [0.2, 0.25) is 0 Å². The fourth-order valence-electron chi connectivity index (χ4n) is 4.27.